The quantitative estimate of drug-likeness (QED) is 0.618. The van der Waals surface area contributed by atoms with Crippen LogP contribution in [0.4, 0.5) is 22.0 Å². The van der Waals surface area contributed by atoms with Gasteiger partial charge in [-0.2, -0.15) is 22.0 Å². The summed E-state index contributed by atoms with van der Waals surface area (Å²) < 4.78 is 69.6. The molecular formula is C8H4BrF5O3. The largest absolute Gasteiger partial charge is 0.463 e. The normalized spacial score (nSPS) is 12.6. The summed E-state index contributed by atoms with van der Waals surface area (Å²) in [6, 6.07) is 0.375. The van der Waals surface area contributed by atoms with Gasteiger partial charge < -0.3 is 9.15 Å². The van der Waals surface area contributed by atoms with E-state index in [0.717, 1.165) is 7.11 Å². The first-order valence-electron chi connectivity index (χ1n) is 3.94. The maximum absolute atomic E-state index is 12.8. The zero-order chi connectivity index (χ0) is 13.4. The topological polar surface area (TPSA) is 39.4 Å². The second kappa shape index (κ2) is 4.28. The van der Waals surface area contributed by atoms with Crippen molar-refractivity contribution >= 4 is 21.9 Å². The Balaban J connectivity index is 3.23. The average Bonchev–Trinajstić information content (AvgIpc) is 2.58. The number of ether oxygens (including phenoxy) is 1. The van der Waals surface area contributed by atoms with E-state index in [2.05, 4.69) is 25.1 Å². The predicted octanol–water partition coefficient (Wildman–Crippen LogP) is 3.48. The average molecular weight is 323 g/mol. The van der Waals surface area contributed by atoms with E-state index in [9.17, 15) is 26.7 Å². The van der Waals surface area contributed by atoms with Crippen LogP contribution in [0.15, 0.2) is 15.0 Å². The molecule has 0 aliphatic carbocycles. The number of rotatable bonds is 2. The molecule has 17 heavy (non-hydrogen) atoms. The number of carbonyl (C=O) groups excluding carboxylic acids is 1. The molecule has 1 rings (SSSR count). The number of esters is 1. The fraction of sp³-hybridized carbons (Fsp3) is 0.375. The van der Waals surface area contributed by atoms with Crippen molar-refractivity contribution < 1.29 is 35.9 Å². The van der Waals surface area contributed by atoms with E-state index in [1.807, 2.05) is 0 Å². The van der Waals surface area contributed by atoms with Gasteiger partial charge >= 0.3 is 18.1 Å². The lowest BCUT2D eigenvalue weighted by Gasteiger charge is -2.16. The van der Waals surface area contributed by atoms with Gasteiger partial charge in [-0.3, -0.25) is 0 Å². The highest BCUT2D eigenvalue weighted by molar-refractivity contribution is 9.10. The highest BCUT2D eigenvalue weighted by Crippen LogP contribution is 2.45. The van der Waals surface area contributed by atoms with Gasteiger partial charge in [-0.1, -0.05) is 0 Å². The van der Waals surface area contributed by atoms with Crippen molar-refractivity contribution in [2.24, 2.45) is 0 Å². The van der Waals surface area contributed by atoms with E-state index >= 15 is 0 Å². The van der Waals surface area contributed by atoms with Gasteiger partial charge in [-0.25, -0.2) is 4.79 Å². The van der Waals surface area contributed by atoms with Crippen molar-refractivity contribution in [3.8, 4) is 0 Å². The Hall–Kier alpha value is -1.12. The van der Waals surface area contributed by atoms with Crippen LogP contribution in [-0.4, -0.2) is 19.3 Å². The van der Waals surface area contributed by atoms with E-state index < -0.39 is 29.6 Å². The van der Waals surface area contributed by atoms with Crippen LogP contribution in [0.25, 0.3) is 0 Å². The maximum atomic E-state index is 12.8. The molecule has 0 aliphatic rings. The summed E-state index contributed by atoms with van der Waals surface area (Å²) in [7, 11) is 0.929. The van der Waals surface area contributed by atoms with Crippen LogP contribution in [0.5, 0.6) is 0 Å². The lowest BCUT2D eigenvalue weighted by molar-refractivity contribution is -0.295. The number of methoxy groups -OCH3 is 1. The van der Waals surface area contributed by atoms with Gasteiger partial charge in [0.05, 0.1) is 11.6 Å². The molecule has 0 N–H and O–H groups in total. The van der Waals surface area contributed by atoms with Crippen molar-refractivity contribution in [2.45, 2.75) is 12.1 Å². The lowest BCUT2D eigenvalue weighted by atomic mass is 10.2. The van der Waals surface area contributed by atoms with E-state index in [1.54, 1.807) is 0 Å². The number of carbonyl (C=O) groups is 1. The lowest BCUT2D eigenvalue weighted by Crippen LogP contribution is -2.33. The van der Waals surface area contributed by atoms with Crippen molar-refractivity contribution in [1.82, 2.24) is 0 Å². The van der Waals surface area contributed by atoms with Crippen LogP contribution in [0.2, 0.25) is 0 Å². The molecule has 96 valence electrons. The summed E-state index contributed by atoms with van der Waals surface area (Å²) in [6.07, 6.45) is -5.81. The molecule has 9 heteroatoms. The summed E-state index contributed by atoms with van der Waals surface area (Å²) in [6.45, 7) is 0. The first kappa shape index (κ1) is 13.9. The fourth-order valence-corrected chi connectivity index (χ4v) is 1.35. The highest BCUT2D eigenvalue weighted by Gasteiger charge is 2.61. The molecular weight excluding hydrogens is 319 g/mol. The van der Waals surface area contributed by atoms with Gasteiger partial charge in [0.2, 0.25) is 5.76 Å². The van der Waals surface area contributed by atoms with E-state index in [-0.39, 0.29) is 4.47 Å². The predicted molar refractivity (Wildman–Crippen MR) is 47.7 cm³/mol. The molecule has 0 spiro atoms. The van der Waals surface area contributed by atoms with Gasteiger partial charge in [0.25, 0.3) is 0 Å². The van der Waals surface area contributed by atoms with Gasteiger partial charge in [-0.05, 0) is 15.9 Å². The Kier molecular flexibility index (Phi) is 3.51. The zero-order valence-electron chi connectivity index (χ0n) is 8.07. The Morgan fingerprint density at radius 2 is 1.88 bits per heavy atom. The standard InChI is InChI=1S/C8H4BrF5O3/c1-16-6(15)5-3(9)2-4(17-5)7(10,11)8(12,13)14/h2H,1H3. The summed E-state index contributed by atoms with van der Waals surface area (Å²) in [5.41, 5.74) is 0. The van der Waals surface area contributed by atoms with Crippen LogP contribution in [0, 0.1) is 0 Å². The SMILES string of the molecule is COC(=O)c1oc(C(F)(F)C(F)(F)F)cc1Br. The molecule has 1 aromatic rings. The van der Waals surface area contributed by atoms with Crippen molar-refractivity contribution in [3.63, 3.8) is 0 Å². The van der Waals surface area contributed by atoms with Crippen molar-refractivity contribution in [2.75, 3.05) is 7.11 Å². The van der Waals surface area contributed by atoms with Crippen molar-refractivity contribution in [3.05, 3.63) is 22.1 Å². The minimum atomic E-state index is -5.81. The number of hydrogen-bond donors (Lipinski definition) is 0. The summed E-state index contributed by atoms with van der Waals surface area (Å²) >= 11 is 2.62. The van der Waals surface area contributed by atoms with Crippen LogP contribution in [-0.2, 0) is 10.7 Å². The second-order valence-electron chi connectivity index (χ2n) is 2.85. The Morgan fingerprint density at radius 3 is 2.29 bits per heavy atom. The molecule has 0 aromatic carbocycles. The Morgan fingerprint density at radius 1 is 1.35 bits per heavy atom. The van der Waals surface area contributed by atoms with Crippen LogP contribution in [0.1, 0.15) is 16.3 Å². The molecule has 0 aliphatic heterocycles. The first-order valence-corrected chi connectivity index (χ1v) is 4.73. The summed E-state index contributed by atoms with van der Waals surface area (Å²) in [4.78, 5) is 11.0. The maximum Gasteiger partial charge on any atom is 0.461 e. The fourth-order valence-electron chi connectivity index (χ4n) is 0.895. The zero-order valence-corrected chi connectivity index (χ0v) is 9.66. The number of alkyl halides is 5. The van der Waals surface area contributed by atoms with Gasteiger partial charge in [0.1, 0.15) is 0 Å². The third kappa shape index (κ3) is 2.43. The molecule has 0 atom stereocenters. The Labute approximate surface area is 99.7 Å². The molecule has 0 bridgehead atoms. The molecule has 3 nitrogen and oxygen atoms in total. The Bertz CT molecular complexity index is 437. The molecule has 0 saturated carbocycles. The monoisotopic (exact) mass is 322 g/mol. The third-order valence-electron chi connectivity index (χ3n) is 1.72. The van der Waals surface area contributed by atoms with Gasteiger partial charge in [-0.15, -0.1) is 0 Å². The number of furan rings is 1. The smallest absolute Gasteiger partial charge is 0.461 e. The molecule has 0 amide bonds. The molecule has 0 unspecified atom stereocenters. The number of halogens is 6. The molecule has 1 heterocycles. The molecule has 0 saturated heterocycles. The highest BCUT2D eigenvalue weighted by atomic mass is 79.9. The minimum absolute atomic E-state index is 0.344. The van der Waals surface area contributed by atoms with E-state index in [0.29, 0.717) is 6.07 Å². The van der Waals surface area contributed by atoms with Crippen LogP contribution in [0.3, 0.4) is 0 Å². The minimum Gasteiger partial charge on any atom is -0.463 e. The van der Waals surface area contributed by atoms with Gasteiger partial charge in [0, 0.05) is 6.07 Å². The second-order valence-corrected chi connectivity index (χ2v) is 3.71. The van der Waals surface area contributed by atoms with Crippen LogP contribution >= 0.6 is 15.9 Å². The summed E-state index contributed by atoms with van der Waals surface area (Å²) in [5, 5.41) is 0. The summed E-state index contributed by atoms with van der Waals surface area (Å²) in [5.74, 6) is -8.79. The van der Waals surface area contributed by atoms with Crippen molar-refractivity contribution in [1.29, 1.82) is 0 Å². The molecule has 1 aromatic heterocycles. The number of hydrogen-bond acceptors (Lipinski definition) is 3. The first-order chi connectivity index (χ1) is 7.61. The third-order valence-corrected chi connectivity index (χ3v) is 2.31. The van der Waals surface area contributed by atoms with Crippen LogP contribution < -0.4 is 0 Å². The molecule has 0 fully saturated rings. The molecule has 0 radical (unpaired) electrons. The van der Waals surface area contributed by atoms with Gasteiger partial charge in [0.15, 0.2) is 5.76 Å². The van der Waals surface area contributed by atoms with E-state index in [1.165, 1.54) is 0 Å². The van der Waals surface area contributed by atoms with E-state index in [4.69, 9.17) is 0 Å².